The summed E-state index contributed by atoms with van der Waals surface area (Å²) in [4.78, 5) is 28.0. The van der Waals surface area contributed by atoms with Crippen molar-refractivity contribution < 1.29 is 9.72 Å². The highest BCUT2D eigenvalue weighted by Crippen LogP contribution is 2.33. The summed E-state index contributed by atoms with van der Waals surface area (Å²) in [7, 11) is 0. The summed E-state index contributed by atoms with van der Waals surface area (Å²) in [5, 5.41) is 14.9. The molecule has 2 aromatic rings. The maximum absolute atomic E-state index is 12.7. The molecule has 29 heavy (non-hydrogen) atoms. The molecule has 7 nitrogen and oxygen atoms in total. The molecular formula is C21H23ClN4O3. The average molecular weight is 415 g/mol. The van der Waals surface area contributed by atoms with E-state index in [0.717, 1.165) is 57.5 Å². The monoisotopic (exact) mass is 414 g/mol. The summed E-state index contributed by atoms with van der Waals surface area (Å²) in [6.45, 7) is 3.57. The lowest BCUT2D eigenvalue weighted by molar-refractivity contribution is -0.384. The zero-order valence-corrected chi connectivity index (χ0v) is 16.8. The van der Waals surface area contributed by atoms with Crippen molar-refractivity contribution in [3.05, 3.63) is 57.1 Å². The molecule has 1 amide bonds. The van der Waals surface area contributed by atoms with E-state index in [-0.39, 0.29) is 11.3 Å². The van der Waals surface area contributed by atoms with Gasteiger partial charge in [-0.2, -0.15) is 0 Å². The third-order valence-corrected chi connectivity index (χ3v) is 5.84. The Hall–Kier alpha value is -2.80. The van der Waals surface area contributed by atoms with Gasteiger partial charge in [-0.05, 0) is 56.0 Å². The summed E-state index contributed by atoms with van der Waals surface area (Å²) in [5.74, 6) is -0.397. The van der Waals surface area contributed by atoms with Crippen LogP contribution in [0, 0.1) is 10.1 Å². The maximum Gasteiger partial charge on any atom is 0.293 e. The van der Waals surface area contributed by atoms with E-state index >= 15 is 0 Å². The quantitative estimate of drug-likeness (QED) is 0.566. The SMILES string of the molecule is O=C(Nc1ccc(N2CCCC2)c(Cl)c1)c1ccc(N2CCCC2)c([N+](=O)[O-])c1. The second-order valence-corrected chi connectivity index (χ2v) is 7.88. The van der Waals surface area contributed by atoms with Crippen LogP contribution in [-0.2, 0) is 0 Å². The number of halogens is 1. The highest BCUT2D eigenvalue weighted by atomic mass is 35.5. The van der Waals surface area contributed by atoms with Crippen molar-refractivity contribution in [3.8, 4) is 0 Å². The Balaban J connectivity index is 1.53. The molecule has 0 radical (unpaired) electrons. The second-order valence-electron chi connectivity index (χ2n) is 7.47. The molecule has 0 unspecified atom stereocenters. The number of carbonyl (C=O) groups excluding carboxylic acids is 1. The van der Waals surface area contributed by atoms with Crippen LogP contribution in [0.5, 0.6) is 0 Å². The lowest BCUT2D eigenvalue weighted by Gasteiger charge is -2.20. The summed E-state index contributed by atoms with van der Waals surface area (Å²) in [6.07, 6.45) is 4.35. The number of carbonyl (C=O) groups is 1. The van der Waals surface area contributed by atoms with Gasteiger partial charge in [-0.25, -0.2) is 0 Å². The molecule has 0 spiro atoms. The number of nitro groups is 1. The fourth-order valence-corrected chi connectivity index (χ4v) is 4.34. The first kappa shape index (κ1) is 19.5. The molecule has 0 aromatic heterocycles. The number of hydrogen-bond donors (Lipinski definition) is 1. The first-order chi connectivity index (χ1) is 14.0. The van der Waals surface area contributed by atoms with E-state index in [4.69, 9.17) is 11.6 Å². The van der Waals surface area contributed by atoms with Crippen molar-refractivity contribution in [2.24, 2.45) is 0 Å². The summed E-state index contributed by atoms with van der Waals surface area (Å²) in [6, 6.07) is 10.1. The molecule has 2 aliphatic rings. The van der Waals surface area contributed by atoms with E-state index in [9.17, 15) is 14.9 Å². The van der Waals surface area contributed by atoms with Gasteiger partial charge in [-0.1, -0.05) is 11.6 Å². The van der Waals surface area contributed by atoms with Crippen molar-refractivity contribution in [2.45, 2.75) is 25.7 Å². The van der Waals surface area contributed by atoms with E-state index in [1.165, 1.54) is 6.07 Å². The lowest BCUT2D eigenvalue weighted by Crippen LogP contribution is -2.20. The zero-order chi connectivity index (χ0) is 20.4. The lowest BCUT2D eigenvalue weighted by atomic mass is 10.1. The van der Waals surface area contributed by atoms with Gasteiger partial charge in [0.1, 0.15) is 5.69 Å². The smallest absolute Gasteiger partial charge is 0.293 e. The summed E-state index contributed by atoms with van der Waals surface area (Å²) in [5.41, 5.74) is 2.31. The van der Waals surface area contributed by atoms with E-state index in [2.05, 4.69) is 10.2 Å². The van der Waals surface area contributed by atoms with Gasteiger partial charge in [-0.15, -0.1) is 0 Å². The minimum Gasteiger partial charge on any atom is -0.370 e. The fraction of sp³-hybridized carbons (Fsp3) is 0.381. The van der Waals surface area contributed by atoms with E-state index in [1.807, 2.05) is 17.0 Å². The van der Waals surface area contributed by atoms with Crippen LogP contribution in [-0.4, -0.2) is 37.0 Å². The number of anilines is 3. The first-order valence-electron chi connectivity index (χ1n) is 9.92. The van der Waals surface area contributed by atoms with Gasteiger partial charge < -0.3 is 15.1 Å². The van der Waals surface area contributed by atoms with Gasteiger partial charge in [0.2, 0.25) is 0 Å². The highest BCUT2D eigenvalue weighted by Gasteiger charge is 2.24. The Kier molecular flexibility index (Phi) is 5.58. The molecule has 0 atom stereocenters. The van der Waals surface area contributed by atoms with Crippen LogP contribution in [0.2, 0.25) is 5.02 Å². The minimum absolute atomic E-state index is 0.0398. The molecule has 2 saturated heterocycles. The molecule has 0 aliphatic carbocycles. The highest BCUT2D eigenvalue weighted by molar-refractivity contribution is 6.33. The van der Waals surface area contributed by atoms with Crippen molar-refractivity contribution in [3.63, 3.8) is 0 Å². The number of nitrogens with one attached hydrogen (secondary N) is 1. The van der Waals surface area contributed by atoms with Crippen LogP contribution in [0.3, 0.4) is 0 Å². The van der Waals surface area contributed by atoms with Crippen LogP contribution in [0.1, 0.15) is 36.0 Å². The normalized spacial score (nSPS) is 16.3. The van der Waals surface area contributed by atoms with Crippen LogP contribution in [0.4, 0.5) is 22.7 Å². The molecular weight excluding hydrogens is 392 g/mol. The van der Waals surface area contributed by atoms with Crippen LogP contribution in [0.15, 0.2) is 36.4 Å². The number of hydrogen-bond acceptors (Lipinski definition) is 5. The van der Waals surface area contributed by atoms with E-state index < -0.39 is 10.8 Å². The molecule has 1 N–H and O–H groups in total. The predicted molar refractivity (Wildman–Crippen MR) is 115 cm³/mol. The largest absolute Gasteiger partial charge is 0.370 e. The number of amides is 1. The van der Waals surface area contributed by atoms with Crippen molar-refractivity contribution in [1.29, 1.82) is 0 Å². The van der Waals surface area contributed by atoms with Gasteiger partial charge >= 0.3 is 0 Å². The minimum atomic E-state index is -0.424. The molecule has 0 bridgehead atoms. The zero-order valence-electron chi connectivity index (χ0n) is 16.1. The van der Waals surface area contributed by atoms with Gasteiger partial charge in [0.15, 0.2) is 0 Å². The second kappa shape index (κ2) is 8.29. The van der Waals surface area contributed by atoms with Gasteiger partial charge in [0.25, 0.3) is 11.6 Å². The van der Waals surface area contributed by atoms with Crippen molar-refractivity contribution >= 4 is 40.3 Å². The number of rotatable bonds is 5. The molecule has 152 valence electrons. The molecule has 0 saturated carbocycles. The fourth-order valence-electron chi connectivity index (χ4n) is 4.04. The Morgan fingerprint density at radius 2 is 1.52 bits per heavy atom. The Morgan fingerprint density at radius 3 is 2.10 bits per heavy atom. The Morgan fingerprint density at radius 1 is 0.931 bits per heavy atom. The van der Waals surface area contributed by atoms with E-state index in [0.29, 0.717) is 16.4 Å². The van der Waals surface area contributed by atoms with Gasteiger partial charge in [-0.3, -0.25) is 14.9 Å². The molecule has 2 aliphatic heterocycles. The third-order valence-electron chi connectivity index (χ3n) is 5.53. The third kappa shape index (κ3) is 4.15. The average Bonchev–Trinajstić information content (AvgIpc) is 3.42. The topological polar surface area (TPSA) is 78.7 Å². The number of benzene rings is 2. The molecule has 8 heteroatoms. The van der Waals surface area contributed by atoms with Crippen LogP contribution >= 0.6 is 11.6 Å². The van der Waals surface area contributed by atoms with Crippen LogP contribution in [0.25, 0.3) is 0 Å². The van der Waals surface area contributed by atoms with Gasteiger partial charge in [0, 0.05) is 43.5 Å². The molecule has 2 heterocycles. The number of nitro benzene ring substituents is 1. The first-order valence-corrected chi connectivity index (χ1v) is 10.3. The van der Waals surface area contributed by atoms with E-state index in [1.54, 1.807) is 18.2 Å². The number of nitrogens with zero attached hydrogens (tertiary/aromatic N) is 3. The summed E-state index contributed by atoms with van der Waals surface area (Å²) < 4.78 is 0. The molecule has 4 rings (SSSR count). The Bertz CT molecular complexity index is 938. The maximum atomic E-state index is 12.7. The van der Waals surface area contributed by atoms with Crippen molar-refractivity contribution in [2.75, 3.05) is 41.3 Å². The summed E-state index contributed by atoms with van der Waals surface area (Å²) >= 11 is 6.41. The Labute approximate surface area is 174 Å². The van der Waals surface area contributed by atoms with Crippen LogP contribution < -0.4 is 15.1 Å². The van der Waals surface area contributed by atoms with Crippen molar-refractivity contribution in [1.82, 2.24) is 0 Å². The predicted octanol–water partition coefficient (Wildman–Crippen LogP) is 4.70. The van der Waals surface area contributed by atoms with Gasteiger partial charge in [0.05, 0.1) is 15.6 Å². The molecule has 2 aromatic carbocycles. The molecule has 2 fully saturated rings. The standard InChI is InChI=1S/C21H23ClN4O3/c22-17-14-16(6-8-18(17)24-9-1-2-10-24)23-21(27)15-5-7-19(20(13-15)26(28)29)25-11-3-4-12-25/h5-8,13-14H,1-4,9-12H2,(H,23,27).